The summed E-state index contributed by atoms with van der Waals surface area (Å²) < 4.78 is 0. The Labute approximate surface area is 96.8 Å². The van der Waals surface area contributed by atoms with Crippen molar-refractivity contribution < 1.29 is 4.79 Å². The first-order valence-electron chi connectivity index (χ1n) is 5.65. The number of hydrogen-bond acceptors (Lipinski definition) is 3. The average molecular weight is 230 g/mol. The topological polar surface area (TPSA) is 41.1 Å². The zero-order valence-electron chi connectivity index (χ0n) is 9.88. The third-order valence-corrected chi connectivity index (χ3v) is 3.72. The van der Waals surface area contributed by atoms with E-state index in [0.29, 0.717) is 12.0 Å². The summed E-state index contributed by atoms with van der Waals surface area (Å²) in [5.74, 6) is 2.02. The van der Waals surface area contributed by atoms with E-state index in [2.05, 4.69) is 23.8 Å². The Bertz CT molecular complexity index is 207. The molecule has 2 unspecified atom stereocenters. The average Bonchev–Trinajstić information content (AvgIpc) is 2.11. The van der Waals surface area contributed by atoms with Crippen LogP contribution in [0.25, 0.3) is 0 Å². The number of nitrogens with one attached hydrogen (secondary N) is 2. The Balaban J connectivity index is 2.21. The van der Waals surface area contributed by atoms with Crippen LogP contribution in [0, 0.1) is 11.8 Å². The number of amides is 1. The van der Waals surface area contributed by atoms with Gasteiger partial charge in [-0.2, -0.15) is 11.8 Å². The van der Waals surface area contributed by atoms with Crippen molar-refractivity contribution in [2.75, 3.05) is 25.1 Å². The Morgan fingerprint density at radius 1 is 1.53 bits per heavy atom. The molecule has 1 aliphatic heterocycles. The molecule has 4 heteroatoms. The lowest BCUT2D eigenvalue weighted by atomic mass is 9.88. The summed E-state index contributed by atoms with van der Waals surface area (Å²) in [6.45, 7) is 6.10. The van der Waals surface area contributed by atoms with Crippen molar-refractivity contribution >= 4 is 17.7 Å². The summed E-state index contributed by atoms with van der Waals surface area (Å²) in [5, 5.41) is 6.28. The number of hydrogen-bond donors (Lipinski definition) is 2. The van der Waals surface area contributed by atoms with Crippen molar-refractivity contribution in [3.63, 3.8) is 0 Å². The summed E-state index contributed by atoms with van der Waals surface area (Å²) in [5.41, 5.74) is 0. The molecule has 2 atom stereocenters. The van der Waals surface area contributed by atoms with Crippen molar-refractivity contribution in [2.24, 2.45) is 11.8 Å². The largest absolute Gasteiger partial charge is 0.353 e. The molecule has 0 radical (unpaired) electrons. The van der Waals surface area contributed by atoms with Gasteiger partial charge in [-0.1, -0.05) is 6.92 Å². The normalized spacial score (nSPS) is 20.5. The summed E-state index contributed by atoms with van der Waals surface area (Å²) in [6, 6.07) is 0.306. The number of thioether (sulfide) groups is 1. The van der Waals surface area contributed by atoms with Gasteiger partial charge in [-0.3, -0.25) is 4.79 Å². The predicted molar refractivity (Wildman–Crippen MR) is 66.1 cm³/mol. The molecule has 0 bridgehead atoms. The van der Waals surface area contributed by atoms with Gasteiger partial charge in [0.05, 0.1) is 0 Å². The van der Waals surface area contributed by atoms with Gasteiger partial charge in [0.2, 0.25) is 5.91 Å². The number of carbonyl (C=O) groups excluding carboxylic acids is 1. The van der Waals surface area contributed by atoms with E-state index in [0.717, 1.165) is 25.3 Å². The molecule has 0 spiro atoms. The third-order valence-electron chi connectivity index (χ3n) is 3.08. The van der Waals surface area contributed by atoms with Crippen molar-refractivity contribution in [2.45, 2.75) is 26.3 Å². The van der Waals surface area contributed by atoms with Crippen molar-refractivity contribution in [1.29, 1.82) is 0 Å². The molecule has 0 aromatic heterocycles. The highest BCUT2D eigenvalue weighted by Crippen LogP contribution is 2.16. The van der Waals surface area contributed by atoms with Crippen LogP contribution >= 0.6 is 11.8 Å². The van der Waals surface area contributed by atoms with Gasteiger partial charge >= 0.3 is 0 Å². The predicted octanol–water partition coefficient (Wildman–Crippen LogP) is 1.10. The lowest BCUT2D eigenvalue weighted by molar-refractivity contribution is -0.127. The molecule has 0 aromatic carbocycles. The van der Waals surface area contributed by atoms with Gasteiger partial charge in [0.1, 0.15) is 0 Å². The van der Waals surface area contributed by atoms with E-state index in [1.165, 1.54) is 0 Å². The fourth-order valence-electron chi connectivity index (χ4n) is 1.62. The van der Waals surface area contributed by atoms with Crippen LogP contribution in [0.1, 0.15) is 20.3 Å². The second-order valence-electron chi connectivity index (χ2n) is 4.40. The molecule has 0 aromatic rings. The maximum atomic E-state index is 11.8. The second-order valence-corrected chi connectivity index (χ2v) is 5.38. The van der Waals surface area contributed by atoms with Gasteiger partial charge in [-0.15, -0.1) is 0 Å². The van der Waals surface area contributed by atoms with Crippen LogP contribution in [0.2, 0.25) is 0 Å². The van der Waals surface area contributed by atoms with E-state index >= 15 is 0 Å². The van der Waals surface area contributed by atoms with E-state index in [-0.39, 0.29) is 11.8 Å². The SMILES string of the molecule is CSCCC(C)NC(=O)C(C)C1CNC1. The van der Waals surface area contributed by atoms with Crippen LogP contribution < -0.4 is 10.6 Å². The molecule has 1 amide bonds. The Morgan fingerprint density at radius 2 is 2.20 bits per heavy atom. The van der Waals surface area contributed by atoms with Gasteiger partial charge in [0.15, 0.2) is 0 Å². The zero-order chi connectivity index (χ0) is 11.3. The van der Waals surface area contributed by atoms with Crippen LogP contribution in [0.5, 0.6) is 0 Å². The molecule has 88 valence electrons. The highest BCUT2D eigenvalue weighted by atomic mass is 32.2. The molecule has 1 aliphatic rings. The van der Waals surface area contributed by atoms with E-state index in [1.807, 2.05) is 18.7 Å². The first kappa shape index (κ1) is 12.8. The molecule has 1 saturated heterocycles. The molecule has 1 rings (SSSR count). The number of rotatable bonds is 6. The monoisotopic (exact) mass is 230 g/mol. The lowest BCUT2D eigenvalue weighted by Crippen LogP contribution is -2.50. The summed E-state index contributed by atoms with van der Waals surface area (Å²) in [4.78, 5) is 11.8. The van der Waals surface area contributed by atoms with Crippen LogP contribution in [0.15, 0.2) is 0 Å². The van der Waals surface area contributed by atoms with Gasteiger partial charge in [-0.25, -0.2) is 0 Å². The third kappa shape index (κ3) is 4.03. The zero-order valence-corrected chi connectivity index (χ0v) is 10.7. The summed E-state index contributed by atoms with van der Waals surface area (Å²) in [6.07, 6.45) is 3.15. The highest BCUT2D eigenvalue weighted by molar-refractivity contribution is 7.98. The quantitative estimate of drug-likeness (QED) is 0.718. The van der Waals surface area contributed by atoms with E-state index in [4.69, 9.17) is 0 Å². The fourth-order valence-corrected chi connectivity index (χ4v) is 2.21. The molecule has 3 nitrogen and oxygen atoms in total. The molecule has 2 N–H and O–H groups in total. The first-order chi connectivity index (χ1) is 7.15. The molecule has 1 heterocycles. The van der Waals surface area contributed by atoms with Gasteiger partial charge in [0, 0.05) is 12.0 Å². The van der Waals surface area contributed by atoms with Crippen molar-refractivity contribution in [3.05, 3.63) is 0 Å². The van der Waals surface area contributed by atoms with Crippen molar-refractivity contribution in [1.82, 2.24) is 10.6 Å². The lowest BCUT2D eigenvalue weighted by Gasteiger charge is -2.32. The second kappa shape index (κ2) is 6.38. The first-order valence-corrected chi connectivity index (χ1v) is 7.04. The smallest absolute Gasteiger partial charge is 0.223 e. The highest BCUT2D eigenvalue weighted by Gasteiger charge is 2.28. The Hall–Kier alpha value is -0.220. The molecule has 15 heavy (non-hydrogen) atoms. The minimum Gasteiger partial charge on any atom is -0.353 e. The Kier molecular flexibility index (Phi) is 5.47. The molecule has 0 saturated carbocycles. The van der Waals surface area contributed by atoms with Crippen LogP contribution in [-0.2, 0) is 4.79 Å². The minimum absolute atomic E-state index is 0.156. The van der Waals surface area contributed by atoms with E-state index in [1.54, 1.807) is 0 Å². The van der Waals surface area contributed by atoms with Gasteiger partial charge < -0.3 is 10.6 Å². The Morgan fingerprint density at radius 3 is 2.67 bits per heavy atom. The van der Waals surface area contributed by atoms with Crippen molar-refractivity contribution in [3.8, 4) is 0 Å². The van der Waals surface area contributed by atoms with Crippen LogP contribution in [0.3, 0.4) is 0 Å². The standard InChI is InChI=1S/C11H22N2OS/c1-8(4-5-15-3)13-11(14)9(2)10-6-12-7-10/h8-10,12H,4-7H2,1-3H3,(H,13,14). The molecular formula is C11H22N2OS. The van der Waals surface area contributed by atoms with Gasteiger partial charge in [0.25, 0.3) is 0 Å². The van der Waals surface area contributed by atoms with Crippen LogP contribution in [0.4, 0.5) is 0 Å². The summed E-state index contributed by atoms with van der Waals surface area (Å²) in [7, 11) is 0. The molecular weight excluding hydrogens is 208 g/mol. The van der Waals surface area contributed by atoms with Gasteiger partial charge in [-0.05, 0) is 44.4 Å². The van der Waals surface area contributed by atoms with Crippen LogP contribution in [-0.4, -0.2) is 37.0 Å². The maximum absolute atomic E-state index is 11.8. The van der Waals surface area contributed by atoms with E-state index < -0.39 is 0 Å². The summed E-state index contributed by atoms with van der Waals surface area (Å²) >= 11 is 1.83. The maximum Gasteiger partial charge on any atom is 0.223 e. The number of carbonyl (C=O) groups is 1. The minimum atomic E-state index is 0.156. The molecule has 0 aliphatic carbocycles. The van der Waals surface area contributed by atoms with E-state index in [9.17, 15) is 4.79 Å². The fraction of sp³-hybridized carbons (Fsp3) is 0.909. The molecule has 1 fully saturated rings.